The van der Waals surface area contributed by atoms with E-state index < -0.39 is 0 Å². The van der Waals surface area contributed by atoms with E-state index in [1.807, 2.05) is 37.3 Å². The van der Waals surface area contributed by atoms with Crippen LogP contribution in [-0.2, 0) is 22.6 Å². The van der Waals surface area contributed by atoms with Gasteiger partial charge in [0.05, 0.1) is 6.61 Å². The largest absolute Gasteiger partial charge is 0.492 e. The van der Waals surface area contributed by atoms with Gasteiger partial charge in [-0.25, -0.2) is 0 Å². The van der Waals surface area contributed by atoms with Crippen molar-refractivity contribution >= 4 is 21.9 Å². The molecule has 2 aliphatic rings. The number of halogens is 1. The lowest BCUT2D eigenvalue weighted by atomic mass is 9.82. The third-order valence-corrected chi connectivity index (χ3v) is 9.95. The highest BCUT2D eigenvalue weighted by molar-refractivity contribution is 9.10. The fraction of sp³-hybridized carbons (Fsp3) is 0.486. The summed E-state index contributed by atoms with van der Waals surface area (Å²) < 4.78 is 24.6. The van der Waals surface area contributed by atoms with Gasteiger partial charge in [0.15, 0.2) is 0 Å². The molecule has 0 radical (unpaired) electrons. The number of nitrogens with zero attached hydrogens (tertiary/aromatic N) is 1. The average molecular weight is 665 g/mol. The number of hydrogen-bond acceptors (Lipinski definition) is 6. The first-order valence-corrected chi connectivity index (χ1v) is 16.8. The summed E-state index contributed by atoms with van der Waals surface area (Å²) in [6, 6.07) is 18.7. The van der Waals surface area contributed by atoms with Crippen LogP contribution in [0.3, 0.4) is 0 Å². The molecule has 2 heterocycles. The van der Waals surface area contributed by atoms with Crippen molar-refractivity contribution in [3.05, 3.63) is 88.0 Å². The molecule has 3 atom stereocenters. The second-order valence-electron chi connectivity index (χ2n) is 12.6. The molecule has 3 aromatic carbocycles. The van der Waals surface area contributed by atoms with E-state index in [9.17, 15) is 4.79 Å². The lowest BCUT2D eigenvalue weighted by Gasteiger charge is -2.33. The van der Waals surface area contributed by atoms with E-state index in [-0.39, 0.29) is 22.3 Å². The van der Waals surface area contributed by atoms with Crippen molar-refractivity contribution in [2.75, 3.05) is 26.3 Å². The van der Waals surface area contributed by atoms with Crippen molar-refractivity contribution in [2.24, 2.45) is 0 Å². The fourth-order valence-corrected chi connectivity index (χ4v) is 7.11. The van der Waals surface area contributed by atoms with Crippen LogP contribution in [0.25, 0.3) is 0 Å². The van der Waals surface area contributed by atoms with E-state index in [2.05, 4.69) is 79.7 Å². The van der Waals surface area contributed by atoms with Crippen molar-refractivity contribution in [2.45, 2.75) is 89.8 Å². The molecule has 2 unspecified atom stereocenters. The van der Waals surface area contributed by atoms with Gasteiger partial charge in [-0.15, -0.1) is 0 Å². The van der Waals surface area contributed by atoms with Crippen molar-refractivity contribution in [1.82, 2.24) is 4.90 Å². The molecule has 0 spiro atoms. The Morgan fingerprint density at radius 3 is 2.43 bits per heavy atom. The summed E-state index contributed by atoms with van der Waals surface area (Å²) >= 11 is 3.44. The number of carbonyl (C=O) groups is 1. The monoisotopic (exact) mass is 663 g/mol. The van der Waals surface area contributed by atoms with Crippen LogP contribution in [0.4, 0.5) is 0 Å². The number of carbonyl (C=O) groups excluding carboxylic acids is 1. The number of likely N-dealkylation sites (tertiary alicyclic amines) is 1. The summed E-state index contributed by atoms with van der Waals surface area (Å²) in [5.41, 5.74) is 6.69. The Morgan fingerprint density at radius 1 is 1.00 bits per heavy atom. The standard InChI is InChI=1S/C37H46BrNO5/c1-7-41-36(40)32(38)20-27-15-17-30(18-16-27)42-23-29-14-11-19-39(29)21-31-33-26(4)34(43-22-28-12-9-8-10-13-28)24(2)25(3)35(33)44-37(31,5)6/h8-10,12-13,15-18,29,31-32H,7,11,14,19-23H2,1-6H3/t29-,31?,32?/m0/s1. The molecule has 236 valence electrons. The van der Waals surface area contributed by atoms with Gasteiger partial charge in [-0.1, -0.05) is 58.4 Å². The van der Waals surface area contributed by atoms with E-state index in [0.29, 0.717) is 32.3 Å². The van der Waals surface area contributed by atoms with E-state index in [1.165, 1.54) is 16.7 Å². The molecular weight excluding hydrogens is 618 g/mol. The first kappa shape index (κ1) is 32.4. The van der Waals surface area contributed by atoms with E-state index in [1.54, 1.807) is 0 Å². The van der Waals surface area contributed by atoms with Gasteiger partial charge in [0, 0.05) is 24.1 Å². The Bertz CT molecular complexity index is 1440. The zero-order chi connectivity index (χ0) is 31.4. The summed E-state index contributed by atoms with van der Waals surface area (Å²) in [4.78, 5) is 14.2. The second-order valence-corrected chi connectivity index (χ2v) is 13.8. The van der Waals surface area contributed by atoms with E-state index in [4.69, 9.17) is 18.9 Å². The molecule has 2 aliphatic heterocycles. The number of fused-ring (bicyclic) bond motifs is 1. The Labute approximate surface area is 271 Å². The lowest BCUT2D eigenvalue weighted by molar-refractivity contribution is -0.142. The molecule has 0 N–H and O–H groups in total. The summed E-state index contributed by atoms with van der Waals surface area (Å²) in [6.07, 6.45) is 2.85. The molecule has 0 bridgehead atoms. The molecule has 0 saturated carbocycles. The molecule has 0 amide bonds. The number of benzene rings is 3. The fourth-order valence-electron chi connectivity index (χ4n) is 6.60. The average Bonchev–Trinajstić information content (AvgIpc) is 3.57. The van der Waals surface area contributed by atoms with Crippen molar-refractivity contribution < 1.29 is 23.7 Å². The topological polar surface area (TPSA) is 57.2 Å². The highest BCUT2D eigenvalue weighted by Crippen LogP contribution is 2.52. The quantitative estimate of drug-likeness (QED) is 0.145. The third kappa shape index (κ3) is 7.10. The number of esters is 1. The summed E-state index contributed by atoms with van der Waals surface area (Å²) in [7, 11) is 0. The molecule has 3 aromatic rings. The van der Waals surface area contributed by atoms with Crippen LogP contribution in [0, 0.1) is 20.8 Å². The molecule has 7 heteroatoms. The van der Waals surface area contributed by atoms with Crippen molar-refractivity contribution in [3.63, 3.8) is 0 Å². The molecule has 1 fully saturated rings. The summed E-state index contributed by atoms with van der Waals surface area (Å²) in [5.74, 6) is 2.84. The van der Waals surface area contributed by atoms with Crippen molar-refractivity contribution in [3.8, 4) is 17.2 Å². The Kier molecular flexibility index (Phi) is 10.3. The predicted octanol–water partition coefficient (Wildman–Crippen LogP) is 7.86. The van der Waals surface area contributed by atoms with Crippen LogP contribution in [0.2, 0.25) is 0 Å². The number of rotatable bonds is 12. The Hall–Kier alpha value is -3.03. The van der Waals surface area contributed by atoms with Crippen molar-refractivity contribution in [1.29, 1.82) is 0 Å². The van der Waals surface area contributed by atoms with Gasteiger partial charge < -0.3 is 18.9 Å². The zero-order valence-corrected chi connectivity index (χ0v) is 28.5. The number of ether oxygens (including phenoxy) is 4. The van der Waals surface area contributed by atoms with Gasteiger partial charge in [0.2, 0.25) is 0 Å². The molecular formula is C37H46BrNO5. The third-order valence-electron chi connectivity index (χ3n) is 9.25. The van der Waals surface area contributed by atoms with E-state index in [0.717, 1.165) is 59.9 Å². The predicted molar refractivity (Wildman–Crippen MR) is 178 cm³/mol. The van der Waals surface area contributed by atoms with Crippen LogP contribution >= 0.6 is 15.9 Å². The van der Waals surface area contributed by atoms with Gasteiger partial charge in [0.25, 0.3) is 0 Å². The SMILES string of the molecule is CCOC(=O)C(Br)Cc1ccc(OC[C@@H]2CCCN2CC2c3c(C)c(OCc4ccccc4)c(C)c(C)c3OC2(C)C)cc1. The highest BCUT2D eigenvalue weighted by Gasteiger charge is 2.46. The van der Waals surface area contributed by atoms with Gasteiger partial charge in [-0.2, -0.15) is 0 Å². The van der Waals surface area contributed by atoms with Crippen LogP contribution in [0.5, 0.6) is 17.2 Å². The Morgan fingerprint density at radius 2 is 1.73 bits per heavy atom. The smallest absolute Gasteiger partial charge is 0.320 e. The molecule has 0 aromatic heterocycles. The molecule has 6 nitrogen and oxygen atoms in total. The first-order chi connectivity index (χ1) is 21.1. The van der Waals surface area contributed by atoms with Gasteiger partial charge >= 0.3 is 5.97 Å². The highest BCUT2D eigenvalue weighted by atomic mass is 79.9. The van der Waals surface area contributed by atoms with Gasteiger partial charge in [-0.05, 0) is 107 Å². The Balaban J connectivity index is 1.26. The zero-order valence-electron chi connectivity index (χ0n) is 27.0. The van der Waals surface area contributed by atoms with Crippen LogP contribution in [0.15, 0.2) is 54.6 Å². The number of hydrogen-bond donors (Lipinski definition) is 0. The number of alkyl halides is 1. The second kappa shape index (κ2) is 13.9. The normalized spacial score (nSPS) is 19.7. The first-order valence-electron chi connectivity index (χ1n) is 15.8. The summed E-state index contributed by atoms with van der Waals surface area (Å²) in [6.45, 7) is 16.3. The summed E-state index contributed by atoms with van der Waals surface area (Å²) in [5, 5.41) is 0. The lowest BCUT2D eigenvalue weighted by Crippen LogP contribution is -2.42. The molecule has 5 rings (SSSR count). The van der Waals surface area contributed by atoms with Gasteiger partial charge in [0.1, 0.15) is 40.9 Å². The maximum Gasteiger partial charge on any atom is 0.320 e. The maximum absolute atomic E-state index is 12.0. The maximum atomic E-state index is 12.0. The minimum atomic E-state index is -0.349. The van der Waals surface area contributed by atoms with Crippen LogP contribution in [0.1, 0.15) is 72.9 Å². The molecule has 0 aliphatic carbocycles. The minimum absolute atomic E-state index is 0.215. The minimum Gasteiger partial charge on any atom is -0.492 e. The van der Waals surface area contributed by atoms with E-state index >= 15 is 0 Å². The van der Waals surface area contributed by atoms with Crippen LogP contribution in [-0.4, -0.2) is 53.6 Å². The molecule has 1 saturated heterocycles. The molecule has 44 heavy (non-hydrogen) atoms. The van der Waals surface area contributed by atoms with Gasteiger partial charge in [-0.3, -0.25) is 9.69 Å². The van der Waals surface area contributed by atoms with Crippen LogP contribution < -0.4 is 14.2 Å².